The Kier molecular flexibility index (Phi) is 3.34. The summed E-state index contributed by atoms with van der Waals surface area (Å²) in [5, 5.41) is 1.43. The van der Waals surface area contributed by atoms with Gasteiger partial charge in [-0.25, -0.2) is 4.98 Å². The highest BCUT2D eigenvalue weighted by atomic mass is 79.9. The first-order valence-corrected chi connectivity index (χ1v) is 7.84. The van der Waals surface area contributed by atoms with Crippen LogP contribution in [0.5, 0.6) is 0 Å². The van der Waals surface area contributed by atoms with Crippen LogP contribution in [-0.2, 0) is 6.42 Å². The molecule has 0 radical (unpaired) electrons. The van der Waals surface area contributed by atoms with Crippen LogP contribution in [0.3, 0.4) is 0 Å². The zero-order valence-electron chi connectivity index (χ0n) is 9.62. The summed E-state index contributed by atoms with van der Waals surface area (Å²) >= 11 is 11.2. The van der Waals surface area contributed by atoms with Crippen LogP contribution < -0.4 is 5.73 Å². The number of rotatable bonds is 1. The van der Waals surface area contributed by atoms with E-state index >= 15 is 0 Å². The molecule has 1 unspecified atom stereocenters. The van der Waals surface area contributed by atoms with Crippen molar-refractivity contribution < 1.29 is 0 Å². The number of benzene rings is 1. The third kappa shape index (κ3) is 2.17. The average molecular weight is 344 g/mol. The maximum absolute atomic E-state index is 6.00. The number of hydrogen-bond acceptors (Lipinski definition) is 3. The van der Waals surface area contributed by atoms with E-state index in [0.717, 1.165) is 28.8 Å². The molecule has 0 amide bonds. The van der Waals surface area contributed by atoms with Gasteiger partial charge in [-0.3, -0.25) is 0 Å². The summed E-state index contributed by atoms with van der Waals surface area (Å²) < 4.78 is 1.07. The zero-order chi connectivity index (χ0) is 12.7. The van der Waals surface area contributed by atoms with Gasteiger partial charge in [0, 0.05) is 20.3 Å². The summed E-state index contributed by atoms with van der Waals surface area (Å²) in [7, 11) is 0. The van der Waals surface area contributed by atoms with Gasteiger partial charge in [0.1, 0.15) is 0 Å². The van der Waals surface area contributed by atoms with E-state index in [9.17, 15) is 0 Å². The lowest BCUT2D eigenvalue weighted by atomic mass is 9.86. The van der Waals surface area contributed by atoms with Crippen molar-refractivity contribution in [3.63, 3.8) is 0 Å². The molecule has 0 bridgehead atoms. The fraction of sp³-hybridized carbons (Fsp3) is 0.308. The summed E-state index contributed by atoms with van der Waals surface area (Å²) in [5.74, 6) is 0.398. The summed E-state index contributed by atoms with van der Waals surface area (Å²) in [5.41, 5.74) is 8.29. The van der Waals surface area contributed by atoms with Crippen molar-refractivity contribution in [1.82, 2.24) is 4.98 Å². The topological polar surface area (TPSA) is 38.9 Å². The van der Waals surface area contributed by atoms with Crippen LogP contribution in [0.2, 0.25) is 5.02 Å². The molecule has 0 saturated carbocycles. The Bertz CT molecular complexity index is 597. The van der Waals surface area contributed by atoms with E-state index < -0.39 is 0 Å². The van der Waals surface area contributed by atoms with E-state index in [-0.39, 0.29) is 0 Å². The van der Waals surface area contributed by atoms with E-state index in [2.05, 4.69) is 27.0 Å². The average Bonchev–Trinajstić information content (AvgIpc) is 2.69. The van der Waals surface area contributed by atoms with Crippen LogP contribution in [0.25, 0.3) is 0 Å². The van der Waals surface area contributed by atoms with E-state index in [1.165, 1.54) is 16.1 Å². The van der Waals surface area contributed by atoms with Gasteiger partial charge < -0.3 is 5.73 Å². The van der Waals surface area contributed by atoms with Crippen molar-refractivity contribution in [2.24, 2.45) is 0 Å². The molecule has 2 aromatic rings. The van der Waals surface area contributed by atoms with Crippen molar-refractivity contribution in [3.05, 3.63) is 43.8 Å². The smallest absolute Gasteiger partial charge is 0.180 e. The quantitative estimate of drug-likeness (QED) is 0.821. The van der Waals surface area contributed by atoms with Crippen molar-refractivity contribution in [1.29, 1.82) is 0 Å². The molecule has 2 N–H and O–H groups in total. The Hall–Kier alpha value is -0.580. The molecular formula is C13H12BrClN2S. The second kappa shape index (κ2) is 4.83. The summed E-state index contributed by atoms with van der Waals surface area (Å²) in [6.45, 7) is 0. The maximum atomic E-state index is 6.00. The number of halogens is 2. The minimum atomic E-state index is 0.398. The number of nitrogens with zero attached hydrogens (tertiary/aromatic N) is 1. The number of fused-ring (bicyclic) bond motifs is 1. The largest absolute Gasteiger partial charge is 0.375 e. The van der Waals surface area contributed by atoms with E-state index in [1.807, 2.05) is 12.1 Å². The Morgan fingerprint density at radius 1 is 1.44 bits per heavy atom. The lowest BCUT2D eigenvalue weighted by molar-refractivity contribution is 0.616. The number of hydrogen-bond donors (Lipinski definition) is 1. The van der Waals surface area contributed by atoms with Gasteiger partial charge in [-0.1, -0.05) is 33.6 Å². The van der Waals surface area contributed by atoms with Gasteiger partial charge in [0.15, 0.2) is 5.13 Å². The predicted molar refractivity (Wildman–Crippen MR) is 80.5 cm³/mol. The number of anilines is 1. The number of nitrogens with two attached hydrogens (primary N) is 1. The highest BCUT2D eigenvalue weighted by Crippen LogP contribution is 2.43. The molecule has 0 aliphatic heterocycles. The van der Waals surface area contributed by atoms with Gasteiger partial charge in [0.25, 0.3) is 0 Å². The standard InChI is InChI=1S/C13H12BrClN2S/c14-10-6-7(15)4-5-8(10)9-2-1-3-11-12(9)18-13(16)17-11/h4-6,9H,1-3H2,(H2,16,17). The molecule has 1 aromatic heterocycles. The SMILES string of the molecule is Nc1nc2c(s1)C(c1ccc(Cl)cc1Br)CCC2. The first-order chi connectivity index (χ1) is 8.65. The third-order valence-corrected chi connectivity index (χ3v) is 5.27. The molecule has 94 valence electrons. The first-order valence-electron chi connectivity index (χ1n) is 5.85. The Balaban J connectivity index is 2.07. The maximum Gasteiger partial charge on any atom is 0.180 e. The molecule has 1 atom stereocenters. The molecular weight excluding hydrogens is 332 g/mol. The van der Waals surface area contributed by atoms with E-state index in [0.29, 0.717) is 11.0 Å². The lowest BCUT2D eigenvalue weighted by Crippen LogP contribution is -2.09. The zero-order valence-corrected chi connectivity index (χ0v) is 12.8. The Labute approximate surface area is 123 Å². The van der Waals surface area contributed by atoms with Crippen LogP contribution >= 0.6 is 38.9 Å². The van der Waals surface area contributed by atoms with Gasteiger partial charge in [0.05, 0.1) is 5.69 Å². The second-order valence-electron chi connectivity index (χ2n) is 4.47. The summed E-state index contributed by atoms with van der Waals surface area (Å²) in [6, 6.07) is 6.00. The molecule has 18 heavy (non-hydrogen) atoms. The second-order valence-corrected chi connectivity index (χ2v) is 6.83. The third-order valence-electron chi connectivity index (χ3n) is 3.30. The van der Waals surface area contributed by atoms with Crippen LogP contribution in [0.4, 0.5) is 5.13 Å². The molecule has 5 heteroatoms. The number of aromatic nitrogens is 1. The van der Waals surface area contributed by atoms with Gasteiger partial charge in [-0.15, -0.1) is 11.3 Å². The van der Waals surface area contributed by atoms with Crippen LogP contribution in [0.15, 0.2) is 22.7 Å². The molecule has 1 aliphatic carbocycles. The minimum absolute atomic E-state index is 0.398. The fourth-order valence-corrected chi connectivity index (χ4v) is 4.51. The van der Waals surface area contributed by atoms with Crippen LogP contribution in [-0.4, -0.2) is 4.98 Å². The molecule has 0 spiro atoms. The number of thiazole rings is 1. The van der Waals surface area contributed by atoms with Crippen molar-refractivity contribution >= 4 is 44.0 Å². The van der Waals surface area contributed by atoms with Crippen molar-refractivity contribution in [2.75, 3.05) is 5.73 Å². The number of aryl methyl sites for hydroxylation is 1. The fourth-order valence-electron chi connectivity index (χ4n) is 2.52. The highest BCUT2D eigenvalue weighted by molar-refractivity contribution is 9.10. The Morgan fingerprint density at radius 3 is 3.06 bits per heavy atom. The minimum Gasteiger partial charge on any atom is -0.375 e. The van der Waals surface area contributed by atoms with E-state index in [1.54, 1.807) is 11.3 Å². The highest BCUT2D eigenvalue weighted by Gasteiger charge is 2.26. The van der Waals surface area contributed by atoms with Gasteiger partial charge in [0.2, 0.25) is 0 Å². The molecule has 3 rings (SSSR count). The van der Waals surface area contributed by atoms with Crippen LogP contribution in [0.1, 0.15) is 34.9 Å². The Morgan fingerprint density at radius 2 is 2.28 bits per heavy atom. The summed E-state index contributed by atoms with van der Waals surface area (Å²) in [4.78, 5) is 5.75. The van der Waals surface area contributed by atoms with Gasteiger partial charge in [-0.2, -0.15) is 0 Å². The van der Waals surface area contributed by atoms with Gasteiger partial charge in [-0.05, 0) is 37.0 Å². The molecule has 0 saturated heterocycles. The first kappa shape index (κ1) is 12.5. The van der Waals surface area contributed by atoms with Gasteiger partial charge >= 0.3 is 0 Å². The predicted octanol–water partition coefficient (Wildman–Crippen LogP) is 4.61. The summed E-state index contributed by atoms with van der Waals surface area (Å²) in [6.07, 6.45) is 3.36. The monoisotopic (exact) mass is 342 g/mol. The van der Waals surface area contributed by atoms with E-state index in [4.69, 9.17) is 17.3 Å². The molecule has 1 heterocycles. The molecule has 1 aromatic carbocycles. The lowest BCUT2D eigenvalue weighted by Gasteiger charge is -2.22. The van der Waals surface area contributed by atoms with Crippen molar-refractivity contribution in [3.8, 4) is 0 Å². The normalized spacial score (nSPS) is 18.7. The van der Waals surface area contributed by atoms with Crippen LogP contribution in [0, 0.1) is 0 Å². The van der Waals surface area contributed by atoms with Crippen molar-refractivity contribution in [2.45, 2.75) is 25.2 Å². The molecule has 2 nitrogen and oxygen atoms in total. The molecule has 0 fully saturated rings. The molecule has 1 aliphatic rings. The number of nitrogen functional groups attached to an aromatic ring is 1.